The van der Waals surface area contributed by atoms with Crippen LogP contribution in [0.2, 0.25) is 0 Å². The summed E-state index contributed by atoms with van der Waals surface area (Å²) >= 11 is 0. The molecule has 40 heavy (non-hydrogen) atoms. The highest BCUT2D eigenvalue weighted by atomic mass is 16.6. The zero-order chi connectivity index (χ0) is 30.8. The van der Waals surface area contributed by atoms with Crippen molar-refractivity contribution in [1.82, 2.24) is 10.6 Å². The summed E-state index contributed by atoms with van der Waals surface area (Å²) < 4.78 is 5.84. The minimum absolute atomic E-state index is 0.0369. The number of hydrogen-bond donors (Lipinski definition) is 3. The van der Waals surface area contributed by atoms with E-state index in [0.717, 1.165) is 19.3 Å². The molecule has 0 spiro atoms. The first-order chi connectivity index (χ1) is 18.7. The third-order valence-electron chi connectivity index (χ3n) is 7.80. The minimum atomic E-state index is -0.915. The van der Waals surface area contributed by atoms with Crippen molar-refractivity contribution < 1.29 is 24.2 Å². The fraction of sp³-hybridized carbons (Fsp3) is 0.909. The van der Waals surface area contributed by atoms with Gasteiger partial charge in [0.1, 0.15) is 5.60 Å². The number of ether oxygens (including phenoxy) is 1. The Kier molecular flexibility index (Phi) is 18.7. The summed E-state index contributed by atoms with van der Waals surface area (Å²) in [6, 6.07) is 0. The van der Waals surface area contributed by atoms with E-state index in [9.17, 15) is 19.5 Å². The first kappa shape index (κ1) is 38.4. The summed E-state index contributed by atoms with van der Waals surface area (Å²) in [6.45, 7) is 17.3. The highest BCUT2D eigenvalue weighted by Gasteiger charge is 2.39. The molecule has 3 unspecified atom stereocenters. The monoisotopic (exact) mass is 568 g/mol. The maximum Gasteiger partial charge on any atom is 0.306 e. The molecule has 2 amide bonds. The van der Waals surface area contributed by atoms with Gasteiger partial charge in [-0.1, -0.05) is 79.1 Å². The zero-order valence-corrected chi connectivity index (χ0v) is 27.5. The van der Waals surface area contributed by atoms with Crippen LogP contribution in [0.3, 0.4) is 0 Å². The molecule has 3 N–H and O–H groups in total. The van der Waals surface area contributed by atoms with E-state index in [4.69, 9.17) is 4.74 Å². The van der Waals surface area contributed by atoms with Crippen LogP contribution in [0.25, 0.3) is 0 Å². The topological polar surface area (TPSA) is 105 Å². The molecule has 0 bridgehead atoms. The van der Waals surface area contributed by atoms with Gasteiger partial charge >= 0.3 is 5.97 Å². The Bertz CT molecular complexity index is 725. The van der Waals surface area contributed by atoms with Crippen molar-refractivity contribution in [3.05, 3.63) is 0 Å². The van der Waals surface area contributed by atoms with Crippen LogP contribution < -0.4 is 10.6 Å². The second-order valence-electron chi connectivity index (χ2n) is 13.5. The van der Waals surface area contributed by atoms with Gasteiger partial charge in [-0.05, 0) is 66.7 Å². The smallest absolute Gasteiger partial charge is 0.306 e. The molecular formula is C33H64N2O5. The van der Waals surface area contributed by atoms with Crippen LogP contribution in [-0.4, -0.2) is 46.2 Å². The number of esters is 1. The van der Waals surface area contributed by atoms with E-state index in [1.807, 2.05) is 55.4 Å². The van der Waals surface area contributed by atoms with Gasteiger partial charge in [0.2, 0.25) is 11.8 Å². The average Bonchev–Trinajstić information content (AvgIpc) is 2.86. The molecule has 7 nitrogen and oxygen atoms in total. The molecule has 236 valence electrons. The quantitative estimate of drug-likeness (QED) is 0.0943. The molecule has 0 aliphatic rings. The summed E-state index contributed by atoms with van der Waals surface area (Å²) in [7, 11) is 0. The van der Waals surface area contributed by atoms with Gasteiger partial charge in [-0.25, -0.2) is 0 Å². The Morgan fingerprint density at radius 3 is 1.62 bits per heavy atom. The molecule has 0 fully saturated rings. The van der Waals surface area contributed by atoms with Crippen LogP contribution in [0.5, 0.6) is 0 Å². The normalized spacial score (nSPS) is 15.2. The summed E-state index contributed by atoms with van der Waals surface area (Å²) in [5.41, 5.74) is -2.09. The van der Waals surface area contributed by atoms with Crippen molar-refractivity contribution in [3.63, 3.8) is 0 Å². The fourth-order valence-electron chi connectivity index (χ4n) is 5.35. The van der Waals surface area contributed by atoms with E-state index in [2.05, 4.69) is 17.6 Å². The first-order valence-corrected chi connectivity index (χ1v) is 16.1. The second-order valence-corrected chi connectivity index (χ2v) is 13.5. The Morgan fingerprint density at radius 1 is 0.725 bits per heavy atom. The molecule has 3 atom stereocenters. The average molecular weight is 569 g/mol. The lowest BCUT2D eigenvalue weighted by Gasteiger charge is -2.39. The number of carbonyl (C=O) groups is 3. The van der Waals surface area contributed by atoms with Crippen molar-refractivity contribution in [2.45, 2.75) is 175 Å². The number of rotatable bonds is 22. The van der Waals surface area contributed by atoms with Gasteiger partial charge in [-0.15, -0.1) is 0 Å². The summed E-state index contributed by atoms with van der Waals surface area (Å²) in [5.74, 6) is -1.06. The number of nitrogens with one attached hydrogen (secondary N) is 2. The van der Waals surface area contributed by atoms with Crippen LogP contribution in [0.4, 0.5) is 0 Å². The summed E-state index contributed by atoms with van der Waals surface area (Å²) in [5, 5.41) is 16.5. The van der Waals surface area contributed by atoms with Gasteiger partial charge in [0.25, 0.3) is 0 Å². The Labute approximate surface area is 246 Å². The second kappa shape index (κ2) is 19.5. The summed E-state index contributed by atoms with van der Waals surface area (Å²) in [4.78, 5) is 38.8. The number of aliphatic hydroxyl groups is 1. The van der Waals surface area contributed by atoms with Crippen LogP contribution in [0, 0.1) is 11.8 Å². The van der Waals surface area contributed by atoms with E-state index in [1.54, 1.807) is 0 Å². The van der Waals surface area contributed by atoms with Crippen LogP contribution in [-0.2, 0) is 19.1 Å². The largest absolute Gasteiger partial charge is 0.460 e. The van der Waals surface area contributed by atoms with Crippen LogP contribution >= 0.6 is 0 Å². The highest BCUT2D eigenvalue weighted by molar-refractivity contribution is 5.82. The number of unbranched alkanes of at least 4 members (excludes halogenated alkanes) is 8. The SMILES string of the molecule is CCCCCCCCCCCC(=O)OC(C)(C)CC(CC)(CO)NC(=O)C(CC)CC(CC)C(=O)NC(C)(C)C. The zero-order valence-electron chi connectivity index (χ0n) is 27.5. The lowest BCUT2D eigenvalue weighted by Crippen LogP contribution is -2.56. The van der Waals surface area contributed by atoms with Crippen molar-refractivity contribution >= 4 is 17.8 Å². The number of amides is 2. The lowest BCUT2D eigenvalue weighted by molar-refractivity contribution is -0.159. The third-order valence-corrected chi connectivity index (χ3v) is 7.80. The van der Waals surface area contributed by atoms with Gasteiger partial charge in [0.15, 0.2) is 0 Å². The Balaban J connectivity index is 4.99. The third kappa shape index (κ3) is 16.6. The predicted octanol–water partition coefficient (Wildman–Crippen LogP) is 7.23. The molecule has 0 aliphatic carbocycles. The maximum absolute atomic E-state index is 13.4. The molecule has 0 aromatic carbocycles. The summed E-state index contributed by atoms with van der Waals surface area (Å²) in [6.07, 6.45) is 13.5. The van der Waals surface area contributed by atoms with Gasteiger partial charge in [-0.2, -0.15) is 0 Å². The number of carbonyl (C=O) groups excluding carboxylic acids is 3. The molecule has 0 aromatic rings. The molecule has 0 saturated carbocycles. The number of aliphatic hydroxyl groups excluding tert-OH is 1. The molecule has 7 heteroatoms. The Hall–Kier alpha value is -1.63. The van der Waals surface area contributed by atoms with Gasteiger partial charge in [0.05, 0.1) is 12.1 Å². The van der Waals surface area contributed by atoms with Crippen molar-refractivity contribution in [1.29, 1.82) is 0 Å². The molecule has 0 rings (SSSR count). The van der Waals surface area contributed by atoms with E-state index in [1.165, 1.54) is 38.5 Å². The molecule has 0 aliphatic heterocycles. The molecule has 0 saturated heterocycles. The molecule has 0 heterocycles. The van der Waals surface area contributed by atoms with Crippen molar-refractivity contribution in [2.24, 2.45) is 11.8 Å². The minimum Gasteiger partial charge on any atom is -0.460 e. The van der Waals surface area contributed by atoms with E-state index >= 15 is 0 Å². The lowest BCUT2D eigenvalue weighted by atomic mass is 9.82. The maximum atomic E-state index is 13.4. The molecule has 0 aromatic heterocycles. The van der Waals surface area contributed by atoms with Crippen LogP contribution in [0.1, 0.15) is 159 Å². The fourth-order valence-corrected chi connectivity index (χ4v) is 5.35. The first-order valence-electron chi connectivity index (χ1n) is 16.1. The molecule has 0 radical (unpaired) electrons. The Morgan fingerprint density at radius 2 is 1.20 bits per heavy atom. The van der Waals surface area contributed by atoms with E-state index < -0.39 is 11.1 Å². The standard InChI is InChI=1S/C33H64N2O5/c1-10-14-15-16-17-18-19-20-21-22-28(37)40-32(8,9)24-33(13-4,25-36)35-30(39)27(12-3)23-26(11-2)29(38)34-31(5,6)7/h26-27,36H,10-25H2,1-9H3,(H,34,38)(H,35,39). The van der Waals surface area contributed by atoms with Crippen LogP contribution in [0.15, 0.2) is 0 Å². The predicted molar refractivity (Wildman–Crippen MR) is 165 cm³/mol. The van der Waals surface area contributed by atoms with Crippen molar-refractivity contribution in [2.75, 3.05) is 6.61 Å². The van der Waals surface area contributed by atoms with Crippen molar-refractivity contribution in [3.8, 4) is 0 Å². The van der Waals surface area contributed by atoms with E-state index in [0.29, 0.717) is 38.5 Å². The van der Waals surface area contributed by atoms with Gasteiger partial charge < -0.3 is 20.5 Å². The number of hydrogen-bond acceptors (Lipinski definition) is 5. The van der Waals surface area contributed by atoms with Gasteiger partial charge in [0, 0.05) is 30.2 Å². The van der Waals surface area contributed by atoms with E-state index in [-0.39, 0.29) is 41.8 Å². The molecular weight excluding hydrogens is 504 g/mol. The van der Waals surface area contributed by atoms with Gasteiger partial charge in [-0.3, -0.25) is 14.4 Å². The highest BCUT2D eigenvalue weighted by Crippen LogP contribution is 2.29.